The second-order valence-electron chi connectivity index (χ2n) is 10.0. The summed E-state index contributed by atoms with van der Waals surface area (Å²) in [6.07, 6.45) is 5.62. The molecule has 216 valence electrons. The Labute approximate surface area is 244 Å². The minimum Gasteiger partial charge on any atom is -0.496 e. The van der Waals surface area contributed by atoms with Crippen molar-refractivity contribution in [3.05, 3.63) is 77.1 Å². The monoisotopic (exact) mass is 579 g/mol. The summed E-state index contributed by atoms with van der Waals surface area (Å²) in [5.74, 6) is 0.490. The largest absolute Gasteiger partial charge is 0.496 e. The number of methoxy groups -OCH3 is 1. The fourth-order valence-corrected chi connectivity index (χ4v) is 4.90. The standard InChI is InChI=1S/C30H34ClN5O5/c1-39-27-6-3-2-5-22(27)20-40-13-4-14-41-30-33-15-25(16-34-30)36-26(17-32-18-28(36)37)29(38)35(24-11-12-24)19-21-7-9-23(31)10-8-21/h2-3,5-10,15-16,24,26,32H,4,11-14,17-20H2,1H3/t26-/m1/s1. The van der Waals surface area contributed by atoms with Crippen molar-refractivity contribution in [3.8, 4) is 11.8 Å². The van der Waals surface area contributed by atoms with E-state index in [0.29, 0.717) is 50.0 Å². The van der Waals surface area contributed by atoms with Crippen LogP contribution >= 0.6 is 11.6 Å². The maximum absolute atomic E-state index is 13.8. The van der Waals surface area contributed by atoms with Crippen LogP contribution in [0.1, 0.15) is 30.4 Å². The molecule has 1 atom stereocenters. The van der Waals surface area contributed by atoms with Gasteiger partial charge in [-0.05, 0) is 36.6 Å². The number of ether oxygens (including phenoxy) is 3. The number of carbonyl (C=O) groups is 2. The summed E-state index contributed by atoms with van der Waals surface area (Å²) in [4.78, 5) is 38.7. The van der Waals surface area contributed by atoms with Crippen molar-refractivity contribution < 1.29 is 23.8 Å². The Balaban J connectivity index is 1.16. The van der Waals surface area contributed by atoms with Crippen LogP contribution < -0.4 is 19.7 Å². The highest BCUT2D eigenvalue weighted by Crippen LogP contribution is 2.31. The van der Waals surface area contributed by atoms with Gasteiger partial charge in [0.25, 0.3) is 0 Å². The number of nitrogens with zero attached hydrogens (tertiary/aromatic N) is 4. The molecule has 1 N–H and O–H groups in total. The summed E-state index contributed by atoms with van der Waals surface area (Å²) in [5, 5.41) is 3.73. The number of anilines is 1. The molecule has 2 fully saturated rings. The molecule has 0 bridgehead atoms. The van der Waals surface area contributed by atoms with E-state index in [1.165, 1.54) is 17.3 Å². The summed E-state index contributed by atoms with van der Waals surface area (Å²) in [7, 11) is 1.64. The van der Waals surface area contributed by atoms with Crippen LogP contribution in [0.15, 0.2) is 60.9 Å². The number of benzene rings is 2. The number of nitrogens with one attached hydrogen (secondary N) is 1. The van der Waals surface area contributed by atoms with Gasteiger partial charge in [0.15, 0.2) is 0 Å². The molecule has 3 aromatic rings. The van der Waals surface area contributed by atoms with E-state index >= 15 is 0 Å². The van der Waals surface area contributed by atoms with E-state index in [1.807, 2.05) is 53.4 Å². The van der Waals surface area contributed by atoms with Crippen LogP contribution in [0.3, 0.4) is 0 Å². The SMILES string of the molecule is COc1ccccc1COCCCOc1ncc(N2C(=O)CNC[C@@H]2C(=O)N(Cc2ccc(Cl)cc2)C2CC2)cn1. The summed E-state index contributed by atoms with van der Waals surface area (Å²) in [5.41, 5.74) is 2.44. The van der Waals surface area contributed by atoms with Gasteiger partial charge in [-0.1, -0.05) is 41.9 Å². The number of halogens is 1. The molecule has 41 heavy (non-hydrogen) atoms. The Morgan fingerprint density at radius 1 is 1.10 bits per heavy atom. The average Bonchev–Trinajstić information content (AvgIpc) is 3.84. The number of rotatable bonds is 13. The normalized spacial score (nSPS) is 16.9. The molecule has 1 aromatic heterocycles. The van der Waals surface area contributed by atoms with Gasteiger partial charge in [0, 0.05) is 36.1 Å². The molecule has 1 saturated carbocycles. The molecule has 0 radical (unpaired) electrons. The average molecular weight is 580 g/mol. The summed E-state index contributed by atoms with van der Waals surface area (Å²) in [6.45, 7) is 2.28. The van der Waals surface area contributed by atoms with E-state index in [4.69, 9.17) is 25.8 Å². The number of carbonyl (C=O) groups excluding carboxylic acids is 2. The van der Waals surface area contributed by atoms with Crippen molar-refractivity contribution in [3.63, 3.8) is 0 Å². The summed E-state index contributed by atoms with van der Waals surface area (Å²) < 4.78 is 16.7. The highest BCUT2D eigenvalue weighted by Gasteiger charge is 2.41. The van der Waals surface area contributed by atoms with Gasteiger partial charge < -0.3 is 24.4 Å². The quantitative estimate of drug-likeness (QED) is 0.306. The van der Waals surface area contributed by atoms with Crippen molar-refractivity contribution in [2.75, 3.05) is 38.3 Å². The van der Waals surface area contributed by atoms with Gasteiger partial charge in [-0.15, -0.1) is 0 Å². The molecule has 1 aliphatic heterocycles. The minimum absolute atomic E-state index is 0.101. The zero-order valence-corrected chi connectivity index (χ0v) is 23.8. The molecule has 1 aliphatic carbocycles. The van der Waals surface area contributed by atoms with Gasteiger partial charge in [-0.2, -0.15) is 0 Å². The minimum atomic E-state index is -0.695. The Morgan fingerprint density at radius 2 is 1.85 bits per heavy atom. The first-order valence-corrected chi connectivity index (χ1v) is 14.1. The van der Waals surface area contributed by atoms with Gasteiger partial charge in [0.2, 0.25) is 11.8 Å². The van der Waals surface area contributed by atoms with Crippen LogP contribution in [0.2, 0.25) is 5.02 Å². The van der Waals surface area contributed by atoms with Crippen molar-refractivity contribution in [1.82, 2.24) is 20.2 Å². The van der Waals surface area contributed by atoms with E-state index in [1.54, 1.807) is 7.11 Å². The van der Waals surface area contributed by atoms with Gasteiger partial charge in [-0.3, -0.25) is 14.5 Å². The first kappa shape index (κ1) is 28.8. The van der Waals surface area contributed by atoms with E-state index < -0.39 is 6.04 Å². The lowest BCUT2D eigenvalue weighted by Crippen LogP contribution is -2.61. The molecule has 1 saturated heterocycles. The number of amides is 2. The van der Waals surface area contributed by atoms with Crippen molar-refractivity contribution in [1.29, 1.82) is 0 Å². The zero-order valence-electron chi connectivity index (χ0n) is 23.0. The number of aromatic nitrogens is 2. The molecule has 0 unspecified atom stereocenters. The third-order valence-corrected chi connectivity index (χ3v) is 7.28. The first-order valence-electron chi connectivity index (χ1n) is 13.8. The Bertz CT molecular complexity index is 1320. The van der Waals surface area contributed by atoms with Gasteiger partial charge >= 0.3 is 6.01 Å². The summed E-state index contributed by atoms with van der Waals surface area (Å²) >= 11 is 6.04. The maximum atomic E-state index is 13.8. The molecule has 10 nitrogen and oxygen atoms in total. The van der Waals surface area contributed by atoms with Gasteiger partial charge in [0.05, 0.1) is 51.6 Å². The highest BCUT2D eigenvalue weighted by atomic mass is 35.5. The predicted molar refractivity (Wildman–Crippen MR) is 154 cm³/mol. The van der Waals surface area contributed by atoms with Crippen LogP contribution in [0, 0.1) is 0 Å². The van der Waals surface area contributed by atoms with Gasteiger partial charge in [0.1, 0.15) is 11.8 Å². The number of hydrogen-bond acceptors (Lipinski definition) is 8. The predicted octanol–water partition coefficient (Wildman–Crippen LogP) is 3.62. The molecule has 2 aromatic carbocycles. The molecule has 5 rings (SSSR count). The number of piperazine rings is 1. The second-order valence-corrected chi connectivity index (χ2v) is 10.5. The molecular weight excluding hydrogens is 546 g/mol. The lowest BCUT2D eigenvalue weighted by Gasteiger charge is -2.37. The van der Waals surface area contributed by atoms with E-state index in [0.717, 1.165) is 29.7 Å². The van der Waals surface area contributed by atoms with Gasteiger partial charge in [-0.25, -0.2) is 9.97 Å². The highest BCUT2D eigenvalue weighted by molar-refractivity contribution is 6.30. The first-order chi connectivity index (χ1) is 20.0. The zero-order chi connectivity index (χ0) is 28.6. The molecule has 0 spiro atoms. The van der Waals surface area contributed by atoms with Crippen molar-refractivity contribution >= 4 is 29.1 Å². The lowest BCUT2D eigenvalue weighted by atomic mass is 10.1. The van der Waals surface area contributed by atoms with E-state index in [2.05, 4.69) is 15.3 Å². The smallest absolute Gasteiger partial charge is 0.316 e. The fourth-order valence-electron chi connectivity index (χ4n) is 4.78. The molecule has 2 amide bonds. The number of hydrogen-bond donors (Lipinski definition) is 1. The summed E-state index contributed by atoms with van der Waals surface area (Å²) in [6, 6.07) is 14.9. The maximum Gasteiger partial charge on any atom is 0.316 e. The van der Waals surface area contributed by atoms with Crippen LogP contribution in [-0.2, 0) is 27.5 Å². The second kappa shape index (κ2) is 13.8. The topological polar surface area (TPSA) is 106 Å². The van der Waals surface area contributed by atoms with E-state index in [9.17, 15) is 9.59 Å². The van der Waals surface area contributed by atoms with Crippen molar-refractivity contribution in [2.45, 2.75) is 44.5 Å². The van der Waals surface area contributed by atoms with Crippen LogP contribution in [0.4, 0.5) is 5.69 Å². The Hall–Kier alpha value is -3.73. The molecule has 2 heterocycles. The van der Waals surface area contributed by atoms with Crippen LogP contribution in [-0.4, -0.2) is 72.2 Å². The van der Waals surface area contributed by atoms with Crippen LogP contribution in [0.25, 0.3) is 0 Å². The third kappa shape index (κ3) is 7.52. The fraction of sp³-hybridized carbons (Fsp3) is 0.400. The van der Waals surface area contributed by atoms with E-state index in [-0.39, 0.29) is 30.4 Å². The Kier molecular flexibility index (Phi) is 9.66. The third-order valence-electron chi connectivity index (χ3n) is 7.02. The molecule has 2 aliphatic rings. The van der Waals surface area contributed by atoms with Crippen molar-refractivity contribution in [2.24, 2.45) is 0 Å². The molecular formula is C30H34ClN5O5. The lowest BCUT2D eigenvalue weighted by molar-refractivity contribution is -0.136. The molecule has 11 heteroatoms. The number of para-hydroxylation sites is 1. The Morgan fingerprint density at radius 3 is 2.59 bits per heavy atom. The van der Waals surface area contributed by atoms with Crippen LogP contribution in [0.5, 0.6) is 11.8 Å².